The molecule has 0 spiro atoms. The molecule has 5 nitrogen and oxygen atoms in total. The normalized spacial score (nSPS) is 12.6. The van der Waals surface area contributed by atoms with E-state index in [1.807, 2.05) is 38.1 Å². The lowest BCUT2D eigenvalue weighted by atomic mass is 10.0. The van der Waals surface area contributed by atoms with Crippen LogP contribution in [0.3, 0.4) is 0 Å². The Balaban J connectivity index is 1.60. The van der Waals surface area contributed by atoms with Crippen LogP contribution in [0.25, 0.3) is 0 Å². The van der Waals surface area contributed by atoms with Gasteiger partial charge in [0.1, 0.15) is 0 Å². The lowest BCUT2D eigenvalue weighted by Gasteiger charge is -2.13. The molecule has 0 aliphatic carbocycles. The Morgan fingerprint density at radius 1 is 1.10 bits per heavy atom. The molecule has 1 heterocycles. The molecule has 4 N–H and O–H groups in total. The Morgan fingerprint density at radius 2 is 1.77 bits per heavy atom. The van der Waals surface area contributed by atoms with E-state index in [-0.39, 0.29) is 5.92 Å². The molecular formula is C22H23F3N4OS. The van der Waals surface area contributed by atoms with Gasteiger partial charge in [0, 0.05) is 11.1 Å². The smallest absolute Gasteiger partial charge is 0.322 e. The SMILES string of the molecule is CC(C)c1ccccc1NC(=O)Nc1nc(C(N)Cc2ccc(C(F)(F)F)cc2)cs1. The van der Waals surface area contributed by atoms with Crippen LogP contribution in [0.5, 0.6) is 0 Å². The van der Waals surface area contributed by atoms with Gasteiger partial charge in [0.05, 0.1) is 17.3 Å². The van der Waals surface area contributed by atoms with Gasteiger partial charge in [-0.2, -0.15) is 13.2 Å². The van der Waals surface area contributed by atoms with Crippen molar-refractivity contribution < 1.29 is 18.0 Å². The van der Waals surface area contributed by atoms with Crippen molar-refractivity contribution in [1.29, 1.82) is 0 Å². The number of hydrogen-bond donors (Lipinski definition) is 3. The number of nitrogens with zero attached hydrogens (tertiary/aromatic N) is 1. The van der Waals surface area contributed by atoms with Crippen LogP contribution < -0.4 is 16.4 Å². The number of para-hydroxylation sites is 1. The second-order valence-corrected chi connectivity index (χ2v) is 8.26. The minimum atomic E-state index is -4.37. The first-order valence-electron chi connectivity index (χ1n) is 9.67. The Labute approximate surface area is 182 Å². The zero-order valence-corrected chi connectivity index (χ0v) is 17.8. The van der Waals surface area contributed by atoms with Gasteiger partial charge in [-0.05, 0) is 41.7 Å². The maximum atomic E-state index is 12.7. The maximum Gasteiger partial charge on any atom is 0.416 e. The molecule has 9 heteroatoms. The Morgan fingerprint density at radius 3 is 2.42 bits per heavy atom. The van der Waals surface area contributed by atoms with Crippen molar-refractivity contribution in [2.24, 2.45) is 5.73 Å². The van der Waals surface area contributed by atoms with Crippen LogP contribution in [0, 0.1) is 0 Å². The number of alkyl halides is 3. The summed E-state index contributed by atoms with van der Waals surface area (Å²) in [5.41, 5.74) is 8.45. The summed E-state index contributed by atoms with van der Waals surface area (Å²) in [4.78, 5) is 16.7. The van der Waals surface area contributed by atoms with Crippen molar-refractivity contribution in [3.8, 4) is 0 Å². The van der Waals surface area contributed by atoms with E-state index in [9.17, 15) is 18.0 Å². The number of halogens is 3. The van der Waals surface area contributed by atoms with Gasteiger partial charge in [-0.25, -0.2) is 9.78 Å². The van der Waals surface area contributed by atoms with Gasteiger partial charge < -0.3 is 11.1 Å². The minimum Gasteiger partial charge on any atom is -0.322 e. The number of nitrogens with one attached hydrogen (secondary N) is 2. The number of nitrogens with two attached hydrogens (primary N) is 1. The van der Waals surface area contributed by atoms with Crippen molar-refractivity contribution in [3.63, 3.8) is 0 Å². The third kappa shape index (κ3) is 6.05. The molecule has 1 atom stereocenters. The Kier molecular flexibility index (Phi) is 6.97. The van der Waals surface area contributed by atoms with Crippen LogP contribution in [0.1, 0.15) is 48.2 Å². The third-order valence-corrected chi connectivity index (χ3v) is 5.47. The van der Waals surface area contributed by atoms with Crippen LogP contribution >= 0.6 is 11.3 Å². The lowest BCUT2D eigenvalue weighted by Crippen LogP contribution is -2.20. The standard InChI is InChI=1S/C22H23F3N4OS/c1-13(2)16-5-3-4-6-18(16)27-20(30)29-21-28-19(12-31-21)17(26)11-14-7-9-15(10-8-14)22(23,24)25/h3-10,12-13,17H,11,26H2,1-2H3,(H2,27,28,29,30). The maximum absolute atomic E-state index is 12.7. The lowest BCUT2D eigenvalue weighted by molar-refractivity contribution is -0.137. The number of hydrogen-bond acceptors (Lipinski definition) is 4. The summed E-state index contributed by atoms with van der Waals surface area (Å²) in [6.45, 7) is 4.09. The molecule has 3 aromatic rings. The summed E-state index contributed by atoms with van der Waals surface area (Å²) in [5.74, 6) is 0.256. The monoisotopic (exact) mass is 448 g/mol. The highest BCUT2D eigenvalue weighted by atomic mass is 32.1. The Hall–Kier alpha value is -2.91. The molecule has 0 aliphatic heterocycles. The van der Waals surface area contributed by atoms with Gasteiger partial charge in [-0.3, -0.25) is 5.32 Å². The molecule has 0 bridgehead atoms. The summed E-state index contributed by atoms with van der Waals surface area (Å²) >= 11 is 1.23. The number of anilines is 2. The van der Waals surface area contributed by atoms with E-state index in [0.29, 0.717) is 22.8 Å². The van der Waals surface area contributed by atoms with E-state index in [4.69, 9.17) is 5.73 Å². The predicted octanol–water partition coefficient (Wildman–Crippen LogP) is 6.17. The summed E-state index contributed by atoms with van der Waals surface area (Å²) < 4.78 is 38.0. The van der Waals surface area contributed by atoms with Gasteiger partial charge >= 0.3 is 12.2 Å². The van der Waals surface area contributed by atoms with Crippen molar-refractivity contribution in [1.82, 2.24) is 4.98 Å². The van der Waals surface area contributed by atoms with E-state index >= 15 is 0 Å². The molecule has 0 saturated heterocycles. The highest BCUT2D eigenvalue weighted by Crippen LogP contribution is 2.30. The molecule has 2 aromatic carbocycles. The first kappa shape index (κ1) is 22.8. The highest BCUT2D eigenvalue weighted by molar-refractivity contribution is 7.13. The summed E-state index contributed by atoms with van der Waals surface area (Å²) in [6, 6.07) is 11.5. The number of urea groups is 1. The molecule has 0 fully saturated rings. The molecule has 0 aliphatic rings. The van der Waals surface area contributed by atoms with E-state index < -0.39 is 23.8 Å². The van der Waals surface area contributed by atoms with Crippen molar-refractivity contribution in [3.05, 3.63) is 76.3 Å². The number of rotatable bonds is 6. The van der Waals surface area contributed by atoms with Crippen LogP contribution in [0.15, 0.2) is 53.9 Å². The van der Waals surface area contributed by atoms with Crippen LogP contribution in [0.4, 0.5) is 28.8 Å². The van der Waals surface area contributed by atoms with Crippen LogP contribution in [0.2, 0.25) is 0 Å². The number of benzene rings is 2. The molecule has 0 radical (unpaired) electrons. The molecule has 1 unspecified atom stereocenters. The van der Waals surface area contributed by atoms with Crippen molar-refractivity contribution in [2.75, 3.05) is 10.6 Å². The van der Waals surface area contributed by atoms with E-state index in [1.54, 1.807) is 5.38 Å². The van der Waals surface area contributed by atoms with Gasteiger partial charge in [-0.1, -0.05) is 44.2 Å². The fraction of sp³-hybridized carbons (Fsp3) is 0.273. The number of aromatic nitrogens is 1. The van der Waals surface area contributed by atoms with E-state index in [1.165, 1.54) is 23.5 Å². The number of carbonyl (C=O) groups excluding carboxylic acids is 1. The van der Waals surface area contributed by atoms with Crippen LogP contribution in [-0.4, -0.2) is 11.0 Å². The van der Waals surface area contributed by atoms with E-state index in [2.05, 4.69) is 15.6 Å². The minimum absolute atomic E-state index is 0.256. The number of carbonyl (C=O) groups is 1. The molecule has 1 aromatic heterocycles. The largest absolute Gasteiger partial charge is 0.416 e. The van der Waals surface area contributed by atoms with Gasteiger partial charge in [0.15, 0.2) is 5.13 Å². The summed E-state index contributed by atoms with van der Waals surface area (Å²) in [7, 11) is 0. The predicted molar refractivity (Wildman–Crippen MR) is 117 cm³/mol. The van der Waals surface area contributed by atoms with Gasteiger partial charge in [-0.15, -0.1) is 11.3 Å². The zero-order chi connectivity index (χ0) is 22.6. The number of amides is 2. The second-order valence-electron chi connectivity index (χ2n) is 7.40. The van der Waals surface area contributed by atoms with Gasteiger partial charge in [0.25, 0.3) is 0 Å². The van der Waals surface area contributed by atoms with Crippen molar-refractivity contribution in [2.45, 2.75) is 38.4 Å². The second kappa shape index (κ2) is 9.49. The average Bonchev–Trinajstić information content (AvgIpc) is 3.16. The molecule has 0 saturated carbocycles. The fourth-order valence-corrected chi connectivity index (χ4v) is 3.84. The topological polar surface area (TPSA) is 80.0 Å². The first-order valence-corrected chi connectivity index (χ1v) is 10.6. The molecule has 31 heavy (non-hydrogen) atoms. The molecule has 2 amide bonds. The summed E-state index contributed by atoms with van der Waals surface area (Å²) in [6.07, 6.45) is -4.04. The van der Waals surface area contributed by atoms with Crippen molar-refractivity contribution >= 4 is 28.2 Å². The zero-order valence-electron chi connectivity index (χ0n) is 17.0. The molecule has 3 rings (SSSR count). The fourth-order valence-electron chi connectivity index (χ4n) is 3.07. The molecule has 164 valence electrons. The quantitative estimate of drug-likeness (QED) is 0.422. The molecular weight excluding hydrogens is 425 g/mol. The summed E-state index contributed by atoms with van der Waals surface area (Å²) in [5, 5.41) is 7.64. The third-order valence-electron chi connectivity index (χ3n) is 4.69. The highest BCUT2D eigenvalue weighted by Gasteiger charge is 2.30. The Bertz CT molecular complexity index is 1030. The van der Waals surface area contributed by atoms with Crippen LogP contribution in [-0.2, 0) is 12.6 Å². The van der Waals surface area contributed by atoms with E-state index in [0.717, 1.165) is 23.4 Å². The number of thiazole rings is 1. The first-order chi connectivity index (χ1) is 14.6. The van der Waals surface area contributed by atoms with Gasteiger partial charge in [0.2, 0.25) is 0 Å². The average molecular weight is 449 g/mol.